The van der Waals surface area contributed by atoms with Gasteiger partial charge in [-0.25, -0.2) is 4.99 Å². The second-order valence-electron chi connectivity index (χ2n) is 17.3. The van der Waals surface area contributed by atoms with Crippen molar-refractivity contribution in [3.05, 3.63) is 23.0 Å². The van der Waals surface area contributed by atoms with Gasteiger partial charge < -0.3 is 52.6 Å². The van der Waals surface area contributed by atoms with Crippen molar-refractivity contribution in [2.75, 3.05) is 21.3 Å². The van der Waals surface area contributed by atoms with E-state index in [1.807, 2.05) is 89.3 Å². The second-order valence-corrected chi connectivity index (χ2v) is 17.3. The fourth-order valence-electron chi connectivity index (χ4n) is 9.23. The molecule has 0 aromatic heterocycles. The van der Waals surface area contributed by atoms with Crippen LogP contribution in [0.15, 0.2) is 28.0 Å². The van der Waals surface area contributed by atoms with Crippen LogP contribution in [0.4, 0.5) is 0 Å². The van der Waals surface area contributed by atoms with Crippen molar-refractivity contribution >= 4 is 12.0 Å². The molecule has 3 saturated heterocycles. The molecular weight excluding hydrogens is 696 g/mol. The topological polar surface area (TPSA) is 136 Å². The molecule has 3 fully saturated rings. The SMILES string of the molecule is CC[C@H]1OC(=O)[C@H](C)[C@@H](O[C@H]2C[C@@](C)(OC)[C@@H](O)[C@H](C)O2)[C@H](C)[C@@H](O[C@@H]2O[C@H](C)C[C@H]3[C@H]2OC(=NC(C)C)N3C)[C@@](C)(OC)CC(C)=C2O[C@@]1(C)C=C2C. The molecule has 1 N–H and O–H groups in total. The molecule has 2 bridgehead atoms. The molecular formula is C41H68N2O11. The van der Waals surface area contributed by atoms with Gasteiger partial charge in [0.1, 0.15) is 18.0 Å². The number of aliphatic imine (C=N–C) groups is 1. The third-order valence-electron chi connectivity index (χ3n) is 12.4. The highest BCUT2D eigenvalue weighted by Gasteiger charge is 2.55. The average molecular weight is 765 g/mol. The molecule has 0 aliphatic carbocycles. The summed E-state index contributed by atoms with van der Waals surface area (Å²) in [6, 6.07) is 0.569. The number of aliphatic hydroxyl groups is 1. The molecule has 54 heavy (non-hydrogen) atoms. The van der Waals surface area contributed by atoms with E-state index in [1.165, 1.54) is 0 Å². The first-order valence-electron chi connectivity index (χ1n) is 19.9. The normalized spacial score (nSPS) is 45.6. The number of hydrogen-bond donors (Lipinski definition) is 1. The van der Waals surface area contributed by atoms with Crippen LogP contribution in [0.25, 0.3) is 0 Å². The fraction of sp³-hybridized carbons (Fsp3) is 0.854. The summed E-state index contributed by atoms with van der Waals surface area (Å²) in [5.74, 6) is -0.982. The Morgan fingerprint density at radius 1 is 1.02 bits per heavy atom. The van der Waals surface area contributed by atoms with Gasteiger partial charge in [-0.15, -0.1) is 0 Å². The van der Waals surface area contributed by atoms with Crippen molar-refractivity contribution in [1.29, 1.82) is 0 Å². The van der Waals surface area contributed by atoms with E-state index >= 15 is 0 Å². The van der Waals surface area contributed by atoms with Crippen molar-refractivity contribution in [3.8, 4) is 0 Å². The molecule has 13 heteroatoms. The first-order chi connectivity index (χ1) is 25.2. The van der Waals surface area contributed by atoms with Crippen molar-refractivity contribution in [1.82, 2.24) is 4.90 Å². The molecule has 5 aliphatic rings. The van der Waals surface area contributed by atoms with Crippen LogP contribution in [0.5, 0.6) is 0 Å². The molecule has 308 valence electrons. The van der Waals surface area contributed by atoms with Crippen LogP contribution < -0.4 is 0 Å². The lowest BCUT2D eigenvalue weighted by molar-refractivity contribution is -0.314. The van der Waals surface area contributed by atoms with Crippen molar-refractivity contribution in [2.24, 2.45) is 16.8 Å². The number of methoxy groups -OCH3 is 2. The molecule has 0 aromatic rings. The number of carbonyl (C=O) groups is 1. The van der Waals surface area contributed by atoms with Crippen LogP contribution in [0.1, 0.15) is 109 Å². The number of nitrogens with zero attached hydrogens (tertiary/aromatic N) is 2. The lowest BCUT2D eigenvalue weighted by Crippen LogP contribution is -2.60. The van der Waals surface area contributed by atoms with E-state index in [-0.39, 0.29) is 24.6 Å². The molecule has 5 rings (SSSR count). The largest absolute Gasteiger partial charge is 0.479 e. The van der Waals surface area contributed by atoms with Gasteiger partial charge in [0.05, 0.1) is 47.6 Å². The number of ether oxygens (including phenoxy) is 9. The zero-order chi connectivity index (χ0) is 40.1. The molecule has 0 amide bonds. The Morgan fingerprint density at radius 3 is 2.30 bits per heavy atom. The van der Waals surface area contributed by atoms with Gasteiger partial charge in [-0.05, 0) is 99.3 Å². The van der Waals surface area contributed by atoms with E-state index in [1.54, 1.807) is 21.1 Å². The zero-order valence-corrected chi connectivity index (χ0v) is 35.3. The third kappa shape index (κ3) is 8.24. The highest BCUT2D eigenvalue weighted by molar-refractivity contribution is 5.76. The monoisotopic (exact) mass is 764 g/mol. The van der Waals surface area contributed by atoms with Gasteiger partial charge in [-0.3, -0.25) is 4.79 Å². The number of likely N-dealkylation sites (N-methyl/N-ethyl adjacent to an activating group) is 1. The summed E-state index contributed by atoms with van der Waals surface area (Å²) in [5, 5.41) is 11.0. The van der Waals surface area contributed by atoms with Crippen LogP contribution in [-0.2, 0) is 47.4 Å². The van der Waals surface area contributed by atoms with E-state index in [4.69, 9.17) is 47.6 Å². The van der Waals surface area contributed by atoms with Gasteiger partial charge in [0.25, 0.3) is 6.02 Å². The van der Waals surface area contributed by atoms with Crippen LogP contribution in [-0.4, -0.2) is 127 Å². The standard InChI is InChI=1S/C41H68N2O11/c1-16-29-39(10)18-22(4)31(54-39)23(5)19-41(12,47-15)35(53-37-33-28(17-24(6)48-37)43(13)38(52-33)42-21(2)3)25(7)32(26(8)36(45)50-29)51-30-20-40(11,46-14)34(44)27(9)49-30/h18,21,24-30,32-35,37,44H,16-17,19-20H2,1-15H3/t24-,25+,26-,27+,28+,29-,30+,32+,33-,34+,35-,37+,39+,40-,41+/m1/s1. The van der Waals surface area contributed by atoms with E-state index in [0.29, 0.717) is 18.9 Å². The third-order valence-corrected chi connectivity index (χ3v) is 12.4. The summed E-state index contributed by atoms with van der Waals surface area (Å²) in [5.41, 5.74) is -0.862. The molecule has 0 radical (unpaired) electrons. The maximum atomic E-state index is 14.4. The minimum Gasteiger partial charge on any atom is -0.479 e. The number of rotatable bonds is 8. The van der Waals surface area contributed by atoms with Crippen LogP contribution in [0.2, 0.25) is 0 Å². The van der Waals surface area contributed by atoms with E-state index in [9.17, 15) is 9.90 Å². The number of fused-ring (bicyclic) bond motifs is 3. The van der Waals surface area contributed by atoms with Crippen molar-refractivity contribution in [3.63, 3.8) is 0 Å². The summed E-state index contributed by atoms with van der Waals surface area (Å²) in [4.78, 5) is 21.2. The Hall–Kier alpha value is -2.26. The van der Waals surface area contributed by atoms with Gasteiger partial charge in [0.2, 0.25) is 0 Å². The minimum absolute atomic E-state index is 0.0291. The second kappa shape index (κ2) is 16.3. The highest BCUT2D eigenvalue weighted by atomic mass is 16.7. The smallest absolute Gasteiger partial charge is 0.311 e. The maximum absolute atomic E-state index is 14.4. The molecule has 0 unspecified atom stereocenters. The molecule has 0 spiro atoms. The maximum Gasteiger partial charge on any atom is 0.311 e. The summed E-state index contributed by atoms with van der Waals surface area (Å²) in [6.07, 6.45) is -1.79. The lowest BCUT2D eigenvalue weighted by atomic mass is 9.78. The van der Waals surface area contributed by atoms with Crippen LogP contribution >= 0.6 is 0 Å². The minimum atomic E-state index is -0.987. The Morgan fingerprint density at radius 2 is 1.69 bits per heavy atom. The lowest BCUT2D eigenvalue weighted by Gasteiger charge is -2.48. The van der Waals surface area contributed by atoms with E-state index < -0.39 is 83.8 Å². The first kappa shape index (κ1) is 42.9. The van der Waals surface area contributed by atoms with E-state index in [0.717, 1.165) is 23.3 Å². The van der Waals surface area contributed by atoms with Crippen molar-refractivity contribution < 1.29 is 52.5 Å². The summed E-state index contributed by atoms with van der Waals surface area (Å²) < 4.78 is 58.9. The predicted octanol–water partition coefficient (Wildman–Crippen LogP) is 5.67. The van der Waals surface area contributed by atoms with Crippen molar-refractivity contribution in [2.45, 2.75) is 193 Å². The average Bonchev–Trinajstić information content (AvgIpc) is 3.60. The number of cyclic esters (lactones) is 1. The molecule has 0 aromatic carbocycles. The number of hydrogen-bond acceptors (Lipinski definition) is 12. The predicted molar refractivity (Wildman–Crippen MR) is 203 cm³/mol. The quantitative estimate of drug-likeness (QED) is 0.305. The first-order valence-corrected chi connectivity index (χ1v) is 19.9. The number of amidine groups is 1. The molecule has 0 saturated carbocycles. The number of aliphatic hydroxyl groups excluding tert-OH is 1. The van der Waals surface area contributed by atoms with Gasteiger partial charge >= 0.3 is 5.97 Å². The summed E-state index contributed by atoms with van der Waals surface area (Å²) in [6.45, 7) is 23.6. The Bertz CT molecular complexity index is 1450. The van der Waals surface area contributed by atoms with Crippen LogP contribution in [0.3, 0.4) is 0 Å². The molecule has 5 heterocycles. The van der Waals surface area contributed by atoms with Gasteiger partial charge in [-0.1, -0.05) is 13.8 Å². The van der Waals surface area contributed by atoms with Gasteiger partial charge in [0.15, 0.2) is 24.3 Å². The summed E-state index contributed by atoms with van der Waals surface area (Å²) >= 11 is 0. The summed E-state index contributed by atoms with van der Waals surface area (Å²) in [7, 11) is 5.25. The van der Waals surface area contributed by atoms with Gasteiger partial charge in [0, 0.05) is 46.1 Å². The number of esters is 1. The van der Waals surface area contributed by atoms with Gasteiger partial charge in [-0.2, -0.15) is 0 Å². The molecule has 15 atom stereocenters. The molecule has 5 aliphatic heterocycles. The fourth-order valence-corrected chi connectivity index (χ4v) is 9.23. The molecule has 13 nitrogen and oxygen atoms in total. The van der Waals surface area contributed by atoms with E-state index in [2.05, 4.69) is 4.90 Å². The Labute approximate surface area is 323 Å². The Kier molecular flexibility index (Phi) is 12.9. The number of carbonyl (C=O) groups excluding carboxylic acids is 1. The zero-order valence-electron chi connectivity index (χ0n) is 35.3. The highest BCUT2D eigenvalue weighted by Crippen LogP contribution is 2.45. The Balaban J connectivity index is 1.62. The van der Waals surface area contributed by atoms with Crippen LogP contribution in [0, 0.1) is 11.8 Å². The number of allylic oxidation sites excluding steroid dienone is 1.